The SMILES string of the molecule is C#CCCCCl.C#CCCCI.C#CCCCN1CCOCC1.COc1c(C)cnc(Cn2cc(C#CCCCN3CCOCC3)c3c(Cl)nc(N)nc32)c1C. The zero-order chi connectivity index (χ0) is 41.0. The summed E-state index contributed by atoms with van der Waals surface area (Å²) in [5.74, 6) is 15.9. The number of anilines is 1. The van der Waals surface area contributed by atoms with Gasteiger partial charge in [0.15, 0.2) is 0 Å². The predicted octanol–water partition coefficient (Wildman–Crippen LogP) is 7.40. The van der Waals surface area contributed by atoms with Gasteiger partial charge in [0.05, 0.1) is 56.7 Å². The molecule has 0 aromatic carbocycles. The molecule has 2 aliphatic rings. The van der Waals surface area contributed by atoms with Gasteiger partial charge in [-0.25, -0.2) is 4.98 Å². The van der Waals surface area contributed by atoms with Crippen molar-refractivity contribution in [2.75, 3.05) is 88.8 Å². The second-order valence-electron chi connectivity index (χ2n) is 12.9. The van der Waals surface area contributed by atoms with Crippen molar-refractivity contribution >= 4 is 62.8 Å². The summed E-state index contributed by atoms with van der Waals surface area (Å²) in [7, 11) is 1.67. The molecule has 10 nitrogen and oxygen atoms in total. The molecule has 0 saturated carbocycles. The second kappa shape index (κ2) is 29.9. The Morgan fingerprint density at radius 1 is 0.875 bits per heavy atom. The molecule has 0 atom stereocenters. The third kappa shape index (κ3) is 18.4. The van der Waals surface area contributed by atoms with Crippen molar-refractivity contribution in [1.29, 1.82) is 0 Å². The summed E-state index contributed by atoms with van der Waals surface area (Å²) in [6, 6.07) is 0. The Labute approximate surface area is 359 Å². The number of hydrogen-bond acceptors (Lipinski definition) is 9. The van der Waals surface area contributed by atoms with Crippen molar-refractivity contribution < 1.29 is 14.2 Å². The summed E-state index contributed by atoms with van der Waals surface area (Å²) in [6.45, 7) is 14.2. The first kappa shape index (κ1) is 48.9. The summed E-state index contributed by atoms with van der Waals surface area (Å²) in [6.07, 6.45) is 26.5. The Hall–Kier alpha value is -3.24. The van der Waals surface area contributed by atoms with Crippen molar-refractivity contribution in [1.82, 2.24) is 29.3 Å². The lowest BCUT2D eigenvalue weighted by molar-refractivity contribution is 0.0375. The third-order valence-corrected chi connectivity index (χ3v) is 9.97. The van der Waals surface area contributed by atoms with E-state index in [1.807, 2.05) is 30.8 Å². The summed E-state index contributed by atoms with van der Waals surface area (Å²) in [5.41, 5.74) is 10.2. The van der Waals surface area contributed by atoms with E-state index in [0.717, 1.165) is 145 Å². The maximum atomic E-state index is 6.46. The first-order valence-corrected chi connectivity index (χ1v) is 21.5. The number of nitrogen functional groups attached to an aromatic ring is 1. The lowest BCUT2D eigenvalue weighted by atomic mass is 10.1. The van der Waals surface area contributed by atoms with Crippen molar-refractivity contribution in [3.8, 4) is 54.6 Å². The molecule has 2 N–H and O–H groups in total. The highest BCUT2D eigenvalue weighted by atomic mass is 127. The normalized spacial score (nSPS) is 13.8. The lowest BCUT2D eigenvalue weighted by Crippen LogP contribution is -2.36. The van der Waals surface area contributed by atoms with Crippen LogP contribution >= 0.6 is 45.8 Å². The van der Waals surface area contributed by atoms with Crippen LogP contribution in [0.1, 0.15) is 73.8 Å². The average molecular weight is 919 g/mol. The Morgan fingerprint density at radius 3 is 1.96 bits per heavy atom. The van der Waals surface area contributed by atoms with Gasteiger partial charge in [-0.1, -0.05) is 46.0 Å². The molecule has 13 heteroatoms. The van der Waals surface area contributed by atoms with Crippen LogP contribution in [0.15, 0.2) is 12.4 Å². The minimum atomic E-state index is 0.128. The topological polar surface area (TPSA) is 104 Å². The number of unbranched alkanes of at least 4 members (excludes halogenated alkanes) is 4. The monoisotopic (exact) mass is 917 g/mol. The van der Waals surface area contributed by atoms with E-state index >= 15 is 0 Å². The first-order chi connectivity index (χ1) is 27.2. The zero-order valence-electron chi connectivity index (χ0n) is 33.4. The summed E-state index contributed by atoms with van der Waals surface area (Å²) in [4.78, 5) is 18.0. The quantitative estimate of drug-likeness (QED) is 0.0618. The van der Waals surface area contributed by atoms with E-state index in [4.69, 9.17) is 62.4 Å². The van der Waals surface area contributed by atoms with Gasteiger partial charge in [-0.05, 0) is 52.6 Å². The third-order valence-electron chi connectivity index (χ3n) is 8.67. The van der Waals surface area contributed by atoms with Crippen molar-refractivity contribution in [3.05, 3.63) is 39.9 Å². The Bertz CT molecular complexity index is 1760. The number of methoxy groups -OCH3 is 1. The number of pyridine rings is 1. The van der Waals surface area contributed by atoms with Gasteiger partial charge in [-0.3, -0.25) is 14.8 Å². The van der Waals surface area contributed by atoms with Crippen LogP contribution < -0.4 is 10.5 Å². The van der Waals surface area contributed by atoms with Crippen molar-refractivity contribution in [3.63, 3.8) is 0 Å². The molecule has 3 aromatic rings. The Kier molecular flexibility index (Phi) is 26.1. The number of nitrogens with zero attached hydrogens (tertiary/aromatic N) is 6. The number of rotatable bonds is 13. The van der Waals surface area contributed by atoms with Crippen LogP contribution in [0.4, 0.5) is 5.95 Å². The largest absolute Gasteiger partial charge is 0.496 e. The minimum absolute atomic E-state index is 0.128. The van der Waals surface area contributed by atoms with E-state index in [1.165, 1.54) is 4.43 Å². The van der Waals surface area contributed by atoms with Gasteiger partial charge in [0.1, 0.15) is 16.5 Å². The smallest absolute Gasteiger partial charge is 0.223 e. The molecular formula is C43H58Cl2IN7O3. The number of nitrogens with two attached hydrogens (primary N) is 1. The molecule has 5 rings (SSSR count). The fourth-order valence-corrected chi connectivity index (χ4v) is 6.49. The number of aromatic nitrogens is 4. The van der Waals surface area contributed by atoms with Gasteiger partial charge in [-0.15, -0.1) is 48.6 Å². The van der Waals surface area contributed by atoms with E-state index in [2.05, 4.69) is 76.9 Å². The average Bonchev–Trinajstić information content (AvgIpc) is 3.55. The summed E-state index contributed by atoms with van der Waals surface area (Å²) in [5, 5.41) is 1.02. The van der Waals surface area contributed by atoms with Crippen LogP contribution in [0.2, 0.25) is 5.15 Å². The Balaban J connectivity index is 0.000000382. The number of morpholine rings is 2. The predicted molar refractivity (Wildman–Crippen MR) is 241 cm³/mol. The van der Waals surface area contributed by atoms with Crippen LogP contribution in [0.3, 0.4) is 0 Å². The van der Waals surface area contributed by atoms with Crippen molar-refractivity contribution in [2.24, 2.45) is 0 Å². The van der Waals surface area contributed by atoms with Gasteiger partial charge >= 0.3 is 0 Å². The molecule has 5 heterocycles. The maximum absolute atomic E-state index is 6.46. The first-order valence-electron chi connectivity index (χ1n) is 19.1. The molecule has 0 unspecified atom stereocenters. The molecule has 56 heavy (non-hydrogen) atoms. The number of halogens is 3. The lowest BCUT2D eigenvalue weighted by Gasteiger charge is -2.26. The van der Waals surface area contributed by atoms with Gasteiger partial charge in [0.2, 0.25) is 5.95 Å². The molecule has 3 aromatic heterocycles. The molecule has 0 spiro atoms. The number of alkyl halides is 2. The Morgan fingerprint density at radius 2 is 1.45 bits per heavy atom. The maximum Gasteiger partial charge on any atom is 0.223 e. The van der Waals surface area contributed by atoms with E-state index in [0.29, 0.717) is 28.6 Å². The molecule has 0 radical (unpaired) electrons. The highest BCUT2D eigenvalue weighted by Crippen LogP contribution is 2.29. The number of terminal acetylenes is 3. The number of aryl methyl sites for hydroxylation is 1. The summed E-state index contributed by atoms with van der Waals surface area (Å²) >= 11 is 14.1. The number of ether oxygens (including phenoxy) is 3. The van der Waals surface area contributed by atoms with E-state index in [1.54, 1.807) is 7.11 Å². The van der Waals surface area contributed by atoms with Crippen LogP contribution in [0.5, 0.6) is 5.75 Å². The second-order valence-corrected chi connectivity index (χ2v) is 14.7. The van der Waals surface area contributed by atoms with Gasteiger partial charge in [-0.2, -0.15) is 4.98 Å². The molecule has 0 amide bonds. The van der Waals surface area contributed by atoms with Crippen LogP contribution in [-0.2, 0) is 16.0 Å². The van der Waals surface area contributed by atoms with Gasteiger partial charge < -0.3 is 24.5 Å². The van der Waals surface area contributed by atoms with E-state index < -0.39 is 0 Å². The number of fused-ring (bicyclic) bond motifs is 1. The standard InChI is InChI=1S/C24H29ClN6O2.C9H15NO.C5H7Cl.C5H7I/c1-16-13-27-19(17(2)21(16)32-3)15-31-14-18(20-22(25)28-24(26)29-23(20)31)7-5-4-6-8-30-9-11-33-12-10-30;1-2-3-4-5-10-6-8-11-9-7-10;2*1-2-3-4-5-6/h13-14H,4,6,8-12,15H2,1-3H3,(H2,26,28,29);1H,3-9H2;2*1H,3-5H2. The molecule has 304 valence electrons. The van der Waals surface area contributed by atoms with Crippen LogP contribution in [0.25, 0.3) is 11.0 Å². The molecule has 2 saturated heterocycles. The number of hydrogen-bond donors (Lipinski definition) is 1. The van der Waals surface area contributed by atoms with Gasteiger partial charge in [0, 0.05) is 85.7 Å². The van der Waals surface area contributed by atoms with Crippen LogP contribution in [-0.4, -0.2) is 112 Å². The highest BCUT2D eigenvalue weighted by Gasteiger charge is 2.17. The van der Waals surface area contributed by atoms with Crippen molar-refractivity contribution in [2.45, 2.75) is 71.8 Å². The highest BCUT2D eigenvalue weighted by molar-refractivity contribution is 14.1. The van der Waals surface area contributed by atoms with E-state index in [-0.39, 0.29) is 5.95 Å². The minimum Gasteiger partial charge on any atom is -0.496 e. The summed E-state index contributed by atoms with van der Waals surface area (Å²) < 4.78 is 19.3. The molecule has 2 aliphatic heterocycles. The fourth-order valence-electron chi connectivity index (χ4n) is 5.71. The fraction of sp³-hybridized carbons (Fsp3) is 0.558. The molecule has 2 fully saturated rings. The molecule has 0 aliphatic carbocycles. The van der Waals surface area contributed by atoms with Gasteiger partial charge in [0.25, 0.3) is 0 Å². The van der Waals surface area contributed by atoms with E-state index in [9.17, 15) is 0 Å². The zero-order valence-corrected chi connectivity index (χ0v) is 37.0. The molecule has 0 bridgehead atoms. The van der Waals surface area contributed by atoms with Crippen LogP contribution in [0, 0.1) is 62.7 Å². The molecular weight excluding hydrogens is 860 g/mol.